The summed E-state index contributed by atoms with van der Waals surface area (Å²) in [5.74, 6) is 0.423. The van der Waals surface area contributed by atoms with Crippen molar-refractivity contribution in [2.45, 2.75) is 6.10 Å². The van der Waals surface area contributed by atoms with Gasteiger partial charge in [0.1, 0.15) is 18.1 Å². The zero-order chi connectivity index (χ0) is 16.2. The monoisotopic (exact) mass is 314 g/mol. The Balaban J connectivity index is 1.61. The molecular formula is C16H14N2O5. The number of carbonyl (C=O) groups is 1. The molecule has 1 atom stereocenters. The maximum Gasteiger partial charge on any atom is 0.284 e. The van der Waals surface area contributed by atoms with Gasteiger partial charge in [-0.1, -0.05) is 12.1 Å². The summed E-state index contributed by atoms with van der Waals surface area (Å²) < 4.78 is 11.0. The largest absolute Gasteiger partial charge is 0.508 e. The molecule has 3 N–H and O–H groups in total. The van der Waals surface area contributed by atoms with Crippen LogP contribution in [-0.4, -0.2) is 35.0 Å². The van der Waals surface area contributed by atoms with Crippen LogP contribution in [0.2, 0.25) is 0 Å². The molecule has 2 aromatic rings. The molecule has 1 aliphatic heterocycles. The van der Waals surface area contributed by atoms with E-state index in [0.29, 0.717) is 17.1 Å². The summed E-state index contributed by atoms with van der Waals surface area (Å²) in [6.45, 7) is 0.0861. The molecule has 0 radical (unpaired) electrons. The number of fused-ring (bicyclic) bond motifs is 1. The number of nitrogens with one attached hydrogen (secondary N) is 1. The number of nitrogens with zero attached hydrogens (tertiary/aromatic N) is 1. The Morgan fingerprint density at radius 2 is 2.00 bits per heavy atom. The third-order valence-corrected chi connectivity index (χ3v) is 3.19. The number of hydrogen-bond acceptors (Lipinski definition) is 6. The number of hydrogen-bond donors (Lipinski definition) is 3. The Morgan fingerprint density at radius 3 is 2.78 bits per heavy atom. The van der Waals surface area contributed by atoms with Gasteiger partial charge in [-0.2, -0.15) is 5.10 Å². The number of ether oxygens (including phenoxy) is 2. The number of rotatable bonds is 3. The van der Waals surface area contributed by atoms with Crippen molar-refractivity contribution in [3.05, 3.63) is 48.0 Å². The minimum Gasteiger partial charge on any atom is -0.508 e. The molecule has 1 aliphatic rings. The zero-order valence-electron chi connectivity index (χ0n) is 12.0. The Morgan fingerprint density at radius 1 is 1.22 bits per heavy atom. The molecule has 1 unspecified atom stereocenters. The summed E-state index contributed by atoms with van der Waals surface area (Å²) in [6.07, 6.45) is 0.458. The lowest BCUT2D eigenvalue weighted by atomic mass is 10.2. The molecule has 7 nitrogen and oxygen atoms in total. The SMILES string of the molecule is O=C(N/N=C\c1ccc(O)cc1O)C1COc2ccccc2O1. The van der Waals surface area contributed by atoms with E-state index in [2.05, 4.69) is 10.5 Å². The summed E-state index contributed by atoms with van der Waals surface area (Å²) in [7, 11) is 0. The van der Waals surface area contributed by atoms with Gasteiger partial charge in [0.05, 0.1) is 6.21 Å². The molecule has 7 heteroatoms. The van der Waals surface area contributed by atoms with Gasteiger partial charge in [0, 0.05) is 11.6 Å². The van der Waals surface area contributed by atoms with Gasteiger partial charge in [0.25, 0.3) is 5.91 Å². The van der Waals surface area contributed by atoms with Crippen LogP contribution in [0.3, 0.4) is 0 Å². The Hall–Kier alpha value is -3.22. The van der Waals surface area contributed by atoms with Gasteiger partial charge < -0.3 is 19.7 Å². The van der Waals surface area contributed by atoms with E-state index in [9.17, 15) is 15.0 Å². The Labute approximate surface area is 131 Å². The lowest BCUT2D eigenvalue weighted by Crippen LogP contribution is -2.42. The van der Waals surface area contributed by atoms with E-state index >= 15 is 0 Å². The average molecular weight is 314 g/mol. The summed E-state index contributed by atoms with van der Waals surface area (Å²) in [5, 5.41) is 22.6. The van der Waals surface area contributed by atoms with Gasteiger partial charge in [-0.15, -0.1) is 0 Å². The quantitative estimate of drug-likeness (QED) is 0.587. The van der Waals surface area contributed by atoms with Crippen LogP contribution < -0.4 is 14.9 Å². The van der Waals surface area contributed by atoms with Gasteiger partial charge in [-0.05, 0) is 24.3 Å². The first kappa shape index (κ1) is 14.7. The van der Waals surface area contributed by atoms with Crippen molar-refractivity contribution in [2.75, 3.05) is 6.61 Å². The van der Waals surface area contributed by atoms with Crippen molar-refractivity contribution in [1.29, 1.82) is 0 Å². The fourth-order valence-corrected chi connectivity index (χ4v) is 2.03. The highest BCUT2D eigenvalue weighted by Gasteiger charge is 2.26. The van der Waals surface area contributed by atoms with Crippen molar-refractivity contribution in [1.82, 2.24) is 5.43 Å². The van der Waals surface area contributed by atoms with Crippen LogP contribution in [0, 0.1) is 0 Å². The predicted molar refractivity (Wildman–Crippen MR) is 81.9 cm³/mol. The van der Waals surface area contributed by atoms with Gasteiger partial charge >= 0.3 is 0 Å². The smallest absolute Gasteiger partial charge is 0.284 e. The van der Waals surface area contributed by atoms with Crippen molar-refractivity contribution >= 4 is 12.1 Å². The molecule has 1 amide bonds. The second-order valence-corrected chi connectivity index (χ2v) is 4.84. The third-order valence-electron chi connectivity index (χ3n) is 3.19. The highest BCUT2D eigenvalue weighted by atomic mass is 16.6. The van der Waals surface area contributed by atoms with E-state index in [0.717, 1.165) is 0 Å². The Kier molecular flexibility index (Phi) is 4.01. The number of para-hydroxylation sites is 2. The molecule has 23 heavy (non-hydrogen) atoms. The summed E-state index contributed by atoms with van der Waals surface area (Å²) in [6, 6.07) is 11.1. The predicted octanol–water partition coefficient (Wildman–Crippen LogP) is 1.39. The number of phenolic OH excluding ortho intramolecular Hbond substituents is 2. The van der Waals surface area contributed by atoms with Crippen molar-refractivity contribution < 1.29 is 24.5 Å². The maximum absolute atomic E-state index is 12.0. The van der Waals surface area contributed by atoms with Crippen molar-refractivity contribution in [3.8, 4) is 23.0 Å². The molecule has 1 heterocycles. The first-order valence-corrected chi connectivity index (χ1v) is 6.87. The standard InChI is InChI=1S/C16H14N2O5/c19-11-6-5-10(12(20)7-11)8-17-18-16(21)15-9-22-13-3-1-2-4-14(13)23-15/h1-8,15,19-20H,9H2,(H,18,21)/b17-8-. The van der Waals surface area contributed by atoms with E-state index in [4.69, 9.17) is 9.47 Å². The molecule has 118 valence electrons. The number of carbonyl (C=O) groups excluding carboxylic acids is 1. The van der Waals surface area contributed by atoms with E-state index in [1.54, 1.807) is 18.2 Å². The van der Waals surface area contributed by atoms with Gasteiger partial charge in [0.2, 0.25) is 6.10 Å². The number of amides is 1. The fraction of sp³-hybridized carbons (Fsp3) is 0.125. The highest BCUT2D eigenvalue weighted by molar-refractivity contribution is 5.86. The lowest BCUT2D eigenvalue weighted by molar-refractivity contribution is -0.130. The van der Waals surface area contributed by atoms with Crippen LogP contribution in [0.1, 0.15) is 5.56 Å². The molecule has 0 aliphatic carbocycles. The van der Waals surface area contributed by atoms with E-state index < -0.39 is 12.0 Å². The molecule has 0 bridgehead atoms. The molecule has 0 fully saturated rings. The molecular weight excluding hydrogens is 300 g/mol. The fourth-order valence-electron chi connectivity index (χ4n) is 2.03. The van der Waals surface area contributed by atoms with E-state index in [-0.39, 0.29) is 18.1 Å². The number of phenols is 2. The maximum atomic E-state index is 12.0. The van der Waals surface area contributed by atoms with Gasteiger partial charge in [0.15, 0.2) is 11.5 Å². The highest BCUT2D eigenvalue weighted by Crippen LogP contribution is 2.30. The average Bonchev–Trinajstić information content (AvgIpc) is 2.56. The normalized spacial score (nSPS) is 16.3. The molecule has 0 saturated carbocycles. The number of benzene rings is 2. The zero-order valence-corrected chi connectivity index (χ0v) is 12.0. The number of aromatic hydroxyl groups is 2. The van der Waals surface area contributed by atoms with Crippen LogP contribution in [0.4, 0.5) is 0 Å². The third kappa shape index (κ3) is 3.34. The minimum atomic E-state index is -0.810. The molecule has 0 aromatic heterocycles. The van der Waals surface area contributed by atoms with Crippen molar-refractivity contribution in [2.24, 2.45) is 5.10 Å². The van der Waals surface area contributed by atoms with Gasteiger partial charge in [-0.3, -0.25) is 4.79 Å². The molecule has 0 spiro atoms. The van der Waals surface area contributed by atoms with E-state index in [1.165, 1.54) is 24.4 Å². The van der Waals surface area contributed by atoms with Crippen molar-refractivity contribution in [3.63, 3.8) is 0 Å². The Bertz CT molecular complexity index is 760. The second-order valence-electron chi connectivity index (χ2n) is 4.84. The van der Waals surface area contributed by atoms with Crippen LogP contribution in [0.15, 0.2) is 47.6 Å². The lowest BCUT2D eigenvalue weighted by Gasteiger charge is -2.24. The topological polar surface area (TPSA) is 100 Å². The molecule has 2 aromatic carbocycles. The minimum absolute atomic E-state index is 0.0601. The van der Waals surface area contributed by atoms with Crippen LogP contribution >= 0.6 is 0 Å². The summed E-state index contributed by atoms with van der Waals surface area (Å²) >= 11 is 0. The first-order valence-electron chi connectivity index (χ1n) is 6.87. The molecule has 3 rings (SSSR count). The summed E-state index contributed by atoms with van der Waals surface area (Å²) in [4.78, 5) is 12.0. The van der Waals surface area contributed by atoms with Gasteiger partial charge in [-0.25, -0.2) is 5.43 Å². The molecule has 0 saturated heterocycles. The van der Waals surface area contributed by atoms with E-state index in [1.807, 2.05) is 6.07 Å². The van der Waals surface area contributed by atoms with Crippen LogP contribution in [0.5, 0.6) is 23.0 Å². The van der Waals surface area contributed by atoms with Crippen LogP contribution in [0.25, 0.3) is 0 Å². The summed E-state index contributed by atoms with van der Waals surface area (Å²) in [5.41, 5.74) is 2.68. The first-order chi connectivity index (χ1) is 11.1. The second kappa shape index (κ2) is 6.27. The number of hydrazone groups is 1. The van der Waals surface area contributed by atoms with Crippen LogP contribution in [-0.2, 0) is 4.79 Å².